The van der Waals surface area contributed by atoms with Gasteiger partial charge < -0.3 is 11.5 Å². The fourth-order valence-corrected chi connectivity index (χ4v) is 2.26. The number of nitrogens with zero attached hydrogens (tertiary/aromatic N) is 3. The Morgan fingerprint density at radius 1 is 1.33 bits per heavy atom. The molecule has 2 rings (SSSR count). The minimum absolute atomic E-state index is 0.201. The highest BCUT2D eigenvalue weighted by Gasteiger charge is 2.11. The lowest BCUT2D eigenvalue weighted by Gasteiger charge is -2.20. The summed E-state index contributed by atoms with van der Waals surface area (Å²) < 4.78 is 1.86. The first-order valence-electron chi connectivity index (χ1n) is 6.93. The van der Waals surface area contributed by atoms with E-state index < -0.39 is 0 Å². The van der Waals surface area contributed by atoms with Gasteiger partial charge in [0.05, 0.1) is 12.7 Å². The maximum Gasteiger partial charge on any atom is 0.231 e. The average molecular weight is 287 g/mol. The van der Waals surface area contributed by atoms with E-state index >= 15 is 0 Å². The van der Waals surface area contributed by atoms with Gasteiger partial charge in [0.15, 0.2) is 0 Å². The van der Waals surface area contributed by atoms with E-state index in [-0.39, 0.29) is 12.5 Å². The first kappa shape index (κ1) is 15.1. The molecular weight excluding hydrogens is 266 g/mol. The molecule has 112 valence electrons. The van der Waals surface area contributed by atoms with E-state index in [1.807, 2.05) is 53.2 Å². The molecule has 0 aliphatic carbocycles. The number of aromatic nitrogens is 2. The summed E-state index contributed by atoms with van der Waals surface area (Å²) in [5, 5.41) is 4.24. The zero-order valence-electron chi connectivity index (χ0n) is 12.2. The van der Waals surface area contributed by atoms with Gasteiger partial charge in [0.2, 0.25) is 5.91 Å². The Bertz CT molecular complexity index is 608. The number of rotatable bonds is 7. The number of nitrogen functional groups attached to an aromatic ring is 1. The molecule has 0 aliphatic rings. The number of nitrogens with two attached hydrogens (primary N) is 2. The number of amides is 1. The van der Waals surface area contributed by atoms with Crippen molar-refractivity contribution in [3.05, 3.63) is 47.8 Å². The van der Waals surface area contributed by atoms with E-state index in [0.717, 1.165) is 17.7 Å². The summed E-state index contributed by atoms with van der Waals surface area (Å²) in [6, 6.07) is 7.64. The molecule has 0 aliphatic heterocycles. The van der Waals surface area contributed by atoms with Crippen molar-refractivity contribution < 1.29 is 4.79 Å². The van der Waals surface area contributed by atoms with Crippen molar-refractivity contribution >= 4 is 11.6 Å². The Kier molecular flexibility index (Phi) is 4.94. The number of carbonyl (C=O) groups excluding carboxylic acids is 1. The van der Waals surface area contributed by atoms with Crippen LogP contribution >= 0.6 is 0 Å². The number of hydrogen-bond donors (Lipinski definition) is 2. The zero-order valence-corrected chi connectivity index (χ0v) is 12.2. The third-order valence-corrected chi connectivity index (χ3v) is 3.15. The molecule has 1 amide bonds. The Morgan fingerprint density at radius 2 is 2.10 bits per heavy atom. The highest BCUT2D eigenvalue weighted by atomic mass is 16.1. The van der Waals surface area contributed by atoms with E-state index in [9.17, 15) is 4.79 Å². The lowest BCUT2D eigenvalue weighted by molar-refractivity contribution is -0.119. The fraction of sp³-hybridized carbons (Fsp3) is 0.333. The number of primary amides is 1. The number of benzene rings is 1. The van der Waals surface area contributed by atoms with Crippen LogP contribution in [0.2, 0.25) is 0 Å². The van der Waals surface area contributed by atoms with Crippen LogP contribution in [0.3, 0.4) is 0 Å². The maximum atomic E-state index is 11.3. The van der Waals surface area contributed by atoms with Crippen LogP contribution in [0.15, 0.2) is 36.7 Å². The molecule has 0 atom stereocenters. The molecule has 2 aromatic rings. The van der Waals surface area contributed by atoms with Crippen molar-refractivity contribution in [2.45, 2.75) is 26.6 Å². The molecule has 21 heavy (non-hydrogen) atoms. The van der Waals surface area contributed by atoms with Crippen LogP contribution < -0.4 is 11.5 Å². The molecule has 1 heterocycles. The lowest BCUT2D eigenvalue weighted by Crippen LogP contribution is -2.32. The van der Waals surface area contributed by atoms with Crippen LogP contribution in [-0.4, -0.2) is 27.1 Å². The number of anilines is 1. The van der Waals surface area contributed by atoms with Gasteiger partial charge in [-0.15, -0.1) is 0 Å². The smallest absolute Gasteiger partial charge is 0.231 e. The summed E-state index contributed by atoms with van der Waals surface area (Å²) in [5.41, 5.74) is 13.9. The van der Waals surface area contributed by atoms with Crippen LogP contribution in [0, 0.1) is 0 Å². The maximum absolute atomic E-state index is 11.3. The summed E-state index contributed by atoms with van der Waals surface area (Å²) >= 11 is 0. The molecule has 6 heteroatoms. The van der Waals surface area contributed by atoms with Gasteiger partial charge >= 0.3 is 0 Å². The number of carbonyl (C=O) groups is 1. The number of hydrogen-bond acceptors (Lipinski definition) is 4. The van der Waals surface area contributed by atoms with Gasteiger partial charge in [0.25, 0.3) is 0 Å². The molecule has 0 bridgehead atoms. The normalized spacial score (nSPS) is 11.0. The van der Waals surface area contributed by atoms with E-state index in [0.29, 0.717) is 18.8 Å². The summed E-state index contributed by atoms with van der Waals surface area (Å²) in [6.45, 7) is 4.30. The quantitative estimate of drug-likeness (QED) is 0.743. The summed E-state index contributed by atoms with van der Waals surface area (Å²) in [7, 11) is 0. The molecule has 1 aromatic heterocycles. The number of aryl methyl sites for hydroxylation is 1. The Balaban J connectivity index is 2.08. The second-order valence-corrected chi connectivity index (χ2v) is 5.06. The third-order valence-electron chi connectivity index (χ3n) is 3.15. The predicted octanol–water partition coefficient (Wildman–Crippen LogP) is 0.973. The van der Waals surface area contributed by atoms with E-state index in [4.69, 9.17) is 11.5 Å². The molecule has 0 radical (unpaired) electrons. The largest absolute Gasteiger partial charge is 0.399 e. The van der Waals surface area contributed by atoms with Gasteiger partial charge in [0, 0.05) is 37.1 Å². The predicted molar refractivity (Wildman–Crippen MR) is 82.1 cm³/mol. The van der Waals surface area contributed by atoms with Crippen LogP contribution in [0.4, 0.5) is 5.69 Å². The molecule has 0 spiro atoms. The summed E-state index contributed by atoms with van der Waals surface area (Å²) in [5.74, 6) is -0.346. The molecular formula is C15H21N5O. The third kappa shape index (κ3) is 4.61. The first-order valence-corrected chi connectivity index (χ1v) is 6.93. The van der Waals surface area contributed by atoms with Crippen LogP contribution in [-0.2, 0) is 24.4 Å². The van der Waals surface area contributed by atoms with Crippen molar-refractivity contribution in [3.8, 4) is 0 Å². The standard InChI is InChI=1S/C15H21N5O/c1-2-20-10-13(7-18-20)9-19(11-15(17)21)8-12-4-3-5-14(16)6-12/h3-7,10H,2,8-9,11,16H2,1H3,(H2,17,21). The molecule has 0 saturated heterocycles. The van der Waals surface area contributed by atoms with Crippen molar-refractivity contribution in [1.82, 2.24) is 14.7 Å². The SMILES string of the molecule is CCn1cc(CN(CC(N)=O)Cc2cccc(N)c2)cn1. The molecule has 0 unspecified atom stereocenters. The van der Waals surface area contributed by atoms with Gasteiger partial charge in [-0.1, -0.05) is 12.1 Å². The van der Waals surface area contributed by atoms with Crippen LogP contribution in [0.1, 0.15) is 18.1 Å². The monoisotopic (exact) mass is 287 g/mol. The Morgan fingerprint density at radius 3 is 2.71 bits per heavy atom. The Hall–Kier alpha value is -2.34. The highest BCUT2D eigenvalue weighted by molar-refractivity contribution is 5.75. The lowest BCUT2D eigenvalue weighted by atomic mass is 10.2. The molecule has 0 fully saturated rings. The van der Waals surface area contributed by atoms with E-state index in [2.05, 4.69) is 5.10 Å². The van der Waals surface area contributed by atoms with Gasteiger partial charge in [-0.2, -0.15) is 5.10 Å². The first-order chi connectivity index (χ1) is 10.1. The van der Waals surface area contributed by atoms with Gasteiger partial charge in [-0.3, -0.25) is 14.4 Å². The van der Waals surface area contributed by atoms with Gasteiger partial charge in [-0.05, 0) is 24.6 Å². The van der Waals surface area contributed by atoms with Crippen molar-refractivity contribution in [2.24, 2.45) is 5.73 Å². The molecule has 1 aromatic carbocycles. The second-order valence-electron chi connectivity index (χ2n) is 5.06. The van der Waals surface area contributed by atoms with Gasteiger partial charge in [0.1, 0.15) is 0 Å². The fourth-order valence-electron chi connectivity index (χ4n) is 2.26. The minimum Gasteiger partial charge on any atom is -0.399 e. The minimum atomic E-state index is -0.346. The molecule has 0 saturated carbocycles. The average Bonchev–Trinajstić information content (AvgIpc) is 2.85. The summed E-state index contributed by atoms with van der Waals surface area (Å²) in [6.07, 6.45) is 3.80. The molecule has 6 nitrogen and oxygen atoms in total. The van der Waals surface area contributed by atoms with Crippen molar-refractivity contribution in [2.75, 3.05) is 12.3 Å². The van der Waals surface area contributed by atoms with E-state index in [1.165, 1.54) is 0 Å². The Labute approximate surface area is 124 Å². The topological polar surface area (TPSA) is 90.2 Å². The highest BCUT2D eigenvalue weighted by Crippen LogP contribution is 2.12. The summed E-state index contributed by atoms with van der Waals surface area (Å²) in [4.78, 5) is 13.2. The zero-order chi connectivity index (χ0) is 15.2. The van der Waals surface area contributed by atoms with Crippen molar-refractivity contribution in [1.29, 1.82) is 0 Å². The molecule has 4 N–H and O–H groups in total. The van der Waals surface area contributed by atoms with Crippen LogP contribution in [0.25, 0.3) is 0 Å². The second kappa shape index (κ2) is 6.90. The van der Waals surface area contributed by atoms with Gasteiger partial charge in [-0.25, -0.2) is 0 Å². The van der Waals surface area contributed by atoms with E-state index in [1.54, 1.807) is 0 Å². The van der Waals surface area contributed by atoms with Crippen molar-refractivity contribution in [3.63, 3.8) is 0 Å². The van der Waals surface area contributed by atoms with Crippen LogP contribution in [0.5, 0.6) is 0 Å².